The summed E-state index contributed by atoms with van der Waals surface area (Å²) in [5.74, 6) is -0.0175. The molecular formula is C15H19N3O. The Kier molecular flexibility index (Phi) is 4.06. The summed E-state index contributed by atoms with van der Waals surface area (Å²) in [5.41, 5.74) is 3.05. The Morgan fingerprint density at radius 3 is 3.11 bits per heavy atom. The minimum atomic E-state index is -0.0633. The second kappa shape index (κ2) is 5.75. The van der Waals surface area contributed by atoms with Crippen molar-refractivity contribution in [3.63, 3.8) is 0 Å². The van der Waals surface area contributed by atoms with Crippen LogP contribution in [0.1, 0.15) is 35.7 Å². The number of anilines is 1. The van der Waals surface area contributed by atoms with Crippen LogP contribution >= 0.6 is 0 Å². The number of hydrogen-bond donors (Lipinski definition) is 1. The summed E-state index contributed by atoms with van der Waals surface area (Å²) in [6.45, 7) is 2.89. The standard InChI is InChI=1S/C15H19N3O/c1-11(7-8-16)18(2)15(19)13-5-6-14-12(10-13)4-3-9-17-14/h5-6,10-11,17H,3-4,7,9H2,1-2H3. The second-order valence-electron chi connectivity index (χ2n) is 5.03. The van der Waals surface area contributed by atoms with Gasteiger partial charge in [-0.05, 0) is 43.5 Å². The first kappa shape index (κ1) is 13.4. The molecule has 1 amide bonds. The topological polar surface area (TPSA) is 56.1 Å². The average molecular weight is 257 g/mol. The van der Waals surface area contributed by atoms with Crippen molar-refractivity contribution in [2.75, 3.05) is 18.9 Å². The van der Waals surface area contributed by atoms with Crippen LogP contribution in [0.5, 0.6) is 0 Å². The van der Waals surface area contributed by atoms with E-state index >= 15 is 0 Å². The van der Waals surface area contributed by atoms with E-state index in [1.165, 1.54) is 5.56 Å². The fraction of sp³-hybridized carbons (Fsp3) is 0.467. The van der Waals surface area contributed by atoms with Crippen molar-refractivity contribution >= 4 is 11.6 Å². The van der Waals surface area contributed by atoms with E-state index in [4.69, 9.17) is 5.26 Å². The van der Waals surface area contributed by atoms with Crippen molar-refractivity contribution in [3.8, 4) is 6.07 Å². The third-order valence-electron chi connectivity index (χ3n) is 3.66. The lowest BCUT2D eigenvalue weighted by atomic mass is 10.00. The summed E-state index contributed by atoms with van der Waals surface area (Å²) in [4.78, 5) is 14.0. The van der Waals surface area contributed by atoms with Gasteiger partial charge in [-0.2, -0.15) is 5.26 Å². The van der Waals surface area contributed by atoms with E-state index in [9.17, 15) is 4.79 Å². The van der Waals surface area contributed by atoms with E-state index in [2.05, 4.69) is 11.4 Å². The van der Waals surface area contributed by atoms with Gasteiger partial charge in [-0.3, -0.25) is 4.79 Å². The molecule has 0 saturated heterocycles. The first-order valence-corrected chi connectivity index (χ1v) is 6.64. The Balaban J connectivity index is 2.17. The molecule has 0 spiro atoms. The Hall–Kier alpha value is -2.02. The van der Waals surface area contributed by atoms with Crippen molar-refractivity contribution in [1.29, 1.82) is 5.26 Å². The number of carbonyl (C=O) groups excluding carboxylic acids is 1. The number of nitriles is 1. The van der Waals surface area contributed by atoms with Crippen molar-refractivity contribution < 1.29 is 4.79 Å². The van der Waals surface area contributed by atoms with Gasteiger partial charge in [0.25, 0.3) is 5.91 Å². The first-order valence-electron chi connectivity index (χ1n) is 6.64. The lowest BCUT2D eigenvalue weighted by molar-refractivity contribution is 0.0746. The molecule has 100 valence electrons. The molecule has 0 saturated carbocycles. The van der Waals surface area contributed by atoms with Crippen LogP contribution in [-0.4, -0.2) is 30.4 Å². The molecule has 1 aliphatic rings. The van der Waals surface area contributed by atoms with Crippen LogP contribution in [0.3, 0.4) is 0 Å². The van der Waals surface area contributed by atoms with E-state index in [-0.39, 0.29) is 11.9 Å². The second-order valence-corrected chi connectivity index (χ2v) is 5.03. The van der Waals surface area contributed by atoms with Crippen LogP contribution in [-0.2, 0) is 6.42 Å². The van der Waals surface area contributed by atoms with E-state index in [1.54, 1.807) is 11.9 Å². The SMILES string of the molecule is CC(CC#N)N(C)C(=O)c1ccc2c(c1)CCCN2. The zero-order valence-corrected chi connectivity index (χ0v) is 11.4. The summed E-state index contributed by atoms with van der Waals surface area (Å²) in [5, 5.41) is 12.0. The highest BCUT2D eigenvalue weighted by Crippen LogP contribution is 2.23. The fourth-order valence-corrected chi connectivity index (χ4v) is 2.28. The van der Waals surface area contributed by atoms with Crippen LogP contribution in [0.2, 0.25) is 0 Å². The van der Waals surface area contributed by atoms with Gasteiger partial charge in [0.05, 0.1) is 12.5 Å². The third-order valence-corrected chi connectivity index (χ3v) is 3.66. The maximum Gasteiger partial charge on any atom is 0.253 e. The molecule has 0 aliphatic carbocycles. The van der Waals surface area contributed by atoms with Crippen molar-refractivity contribution in [3.05, 3.63) is 29.3 Å². The molecule has 1 heterocycles. The van der Waals surface area contributed by atoms with Gasteiger partial charge in [-0.15, -0.1) is 0 Å². The Labute approximate surface area is 114 Å². The smallest absolute Gasteiger partial charge is 0.253 e. The lowest BCUT2D eigenvalue weighted by Gasteiger charge is -2.24. The van der Waals surface area contributed by atoms with Gasteiger partial charge < -0.3 is 10.2 Å². The Morgan fingerprint density at radius 2 is 2.37 bits per heavy atom. The summed E-state index contributed by atoms with van der Waals surface area (Å²) in [7, 11) is 1.75. The summed E-state index contributed by atoms with van der Waals surface area (Å²) >= 11 is 0. The van der Waals surface area contributed by atoms with Crippen LogP contribution in [0, 0.1) is 11.3 Å². The fourth-order valence-electron chi connectivity index (χ4n) is 2.28. The van der Waals surface area contributed by atoms with Gasteiger partial charge >= 0.3 is 0 Å². The quantitative estimate of drug-likeness (QED) is 0.904. The van der Waals surface area contributed by atoms with E-state index in [0.29, 0.717) is 12.0 Å². The molecule has 4 heteroatoms. The van der Waals surface area contributed by atoms with Gasteiger partial charge in [-0.1, -0.05) is 0 Å². The molecule has 1 aliphatic heterocycles. The molecule has 1 N–H and O–H groups in total. The van der Waals surface area contributed by atoms with Gasteiger partial charge in [0.15, 0.2) is 0 Å². The van der Waals surface area contributed by atoms with Crippen molar-refractivity contribution in [2.45, 2.75) is 32.2 Å². The molecule has 0 aromatic heterocycles. The van der Waals surface area contributed by atoms with Crippen LogP contribution in [0.25, 0.3) is 0 Å². The molecule has 0 fully saturated rings. The van der Waals surface area contributed by atoms with Gasteiger partial charge in [0, 0.05) is 30.9 Å². The van der Waals surface area contributed by atoms with Gasteiger partial charge in [0.2, 0.25) is 0 Å². The molecule has 2 rings (SSSR count). The zero-order chi connectivity index (χ0) is 13.8. The largest absolute Gasteiger partial charge is 0.385 e. The predicted octanol–water partition coefficient (Wildman–Crippen LogP) is 2.42. The highest BCUT2D eigenvalue weighted by molar-refractivity contribution is 5.95. The number of nitrogens with one attached hydrogen (secondary N) is 1. The molecule has 4 nitrogen and oxygen atoms in total. The minimum Gasteiger partial charge on any atom is -0.385 e. The molecule has 19 heavy (non-hydrogen) atoms. The average Bonchev–Trinajstić information content (AvgIpc) is 2.45. The molecule has 1 unspecified atom stereocenters. The molecule has 0 bridgehead atoms. The van der Waals surface area contributed by atoms with Crippen molar-refractivity contribution in [2.24, 2.45) is 0 Å². The van der Waals surface area contributed by atoms with Gasteiger partial charge in [-0.25, -0.2) is 0 Å². The van der Waals surface area contributed by atoms with E-state index in [0.717, 1.165) is 25.1 Å². The maximum absolute atomic E-state index is 12.3. The summed E-state index contributed by atoms with van der Waals surface area (Å²) in [6.07, 6.45) is 2.47. The number of hydrogen-bond acceptors (Lipinski definition) is 3. The zero-order valence-electron chi connectivity index (χ0n) is 11.4. The molecule has 1 aromatic carbocycles. The number of benzene rings is 1. The van der Waals surface area contributed by atoms with Crippen LogP contribution in [0.4, 0.5) is 5.69 Å². The number of rotatable bonds is 3. The third kappa shape index (κ3) is 2.87. The van der Waals surface area contributed by atoms with Crippen LogP contribution < -0.4 is 5.32 Å². The summed E-state index contributed by atoms with van der Waals surface area (Å²) < 4.78 is 0. The molecule has 0 radical (unpaired) electrons. The monoisotopic (exact) mass is 257 g/mol. The molecular weight excluding hydrogens is 238 g/mol. The Morgan fingerprint density at radius 1 is 1.58 bits per heavy atom. The number of nitrogens with zero attached hydrogens (tertiary/aromatic N) is 2. The number of amides is 1. The number of carbonyl (C=O) groups is 1. The van der Waals surface area contributed by atoms with E-state index in [1.807, 2.05) is 25.1 Å². The minimum absolute atomic E-state index is 0.0175. The summed E-state index contributed by atoms with van der Waals surface area (Å²) in [6, 6.07) is 7.84. The predicted molar refractivity (Wildman–Crippen MR) is 75.0 cm³/mol. The Bertz CT molecular complexity index is 519. The van der Waals surface area contributed by atoms with Crippen LogP contribution in [0.15, 0.2) is 18.2 Å². The molecule has 1 aromatic rings. The number of aryl methyl sites for hydroxylation is 1. The van der Waals surface area contributed by atoms with Gasteiger partial charge in [0.1, 0.15) is 0 Å². The molecule has 1 atom stereocenters. The normalized spacial score (nSPS) is 14.8. The highest BCUT2D eigenvalue weighted by Gasteiger charge is 2.19. The maximum atomic E-state index is 12.3. The lowest BCUT2D eigenvalue weighted by Crippen LogP contribution is -2.34. The van der Waals surface area contributed by atoms with Crippen molar-refractivity contribution in [1.82, 2.24) is 4.90 Å². The number of fused-ring (bicyclic) bond motifs is 1. The van der Waals surface area contributed by atoms with E-state index < -0.39 is 0 Å². The first-order chi connectivity index (χ1) is 9.13. The highest BCUT2D eigenvalue weighted by atomic mass is 16.2.